The van der Waals surface area contributed by atoms with E-state index in [1.54, 1.807) is 24.3 Å². The van der Waals surface area contributed by atoms with Crippen LogP contribution < -0.4 is 10.9 Å². The minimum atomic E-state index is -0.328. The molecule has 0 radical (unpaired) electrons. The zero-order valence-corrected chi connectivity index (χ0v) is 13.9. The van der Waals surface area contributed by atoms with Gasteiger partial charge in [0.2, 0.25) is 11.5 Å². The van der Waals surface area contributed by atoms with Gasteiger partial charge in [0.05, 0.1) is 11.9 Å². The van der Waals surface area contributed by atoms with Gasteiger partial charge in [0.1, 0.15) is 5.82 Å². The molecule has 0 saturated carbocycles. The number of anilines is 1. The van der Waals surface area contributed by atoms with Crippen LogP contribution in [0.4, 0.5) is 10.1 Å². The second-order valence-corrected chi connectivity index (χ2v) is 6.02. The molecule has 0 atom stereocenters. The Bertz CT molecular complexity index is 962. The number of hydrogen-bond donors (Lipinski definition) is 2. The Morgan fingerprint density at radius 1 is 1.12 bits per heavy atom. The number of aryl methyl sites for hydroxylation is 1. The van der Waals surface area contributed by atoms with Crippen LogP contribution in [-0.2, 0) is 17.6 Å². The molecule has 4 nitrogen and oxygen atoms in total. The summed E-state index contributed by atoms with van der Waals surface area (Å²) >= 11 is 0. The van der Waals surface area contributed by atoms with E-state index in [9.17, 15) is 14.0 Å². The Hall–Kier alpha value is -2.95. The number of carbonyl (C=O) groups excluding carboxylic acids is 1. The van der Waals surface area contributed by atoms with Crippen molar-refractivity contribution in [2.24, 2.45) is 0 Å². The Morgan fingerprint density at radius 3 is 2.60 bits per heavy atom. The summed E-state index contributed by atoms with van der Waals surface area (Å²) in [5, 5.41) is 3.80. The molecule has 2 N–H and O–H groups in total. The lowest BCUT2D eigenvalue weighted by molar-refractivity contribution is -0.115. The topological polar surface area (TPSA) is 62.0 Å². The molecule has 2 aromatic carbocycles. The van der Waals surface area contributed by atoms with Crippen molar-refractivity contribution in [3.63, 3.8) is 0 Å². The summed E-state index contributed by atoms with van der Waals surface area (Å²) in [6.45, 7) is 2.07. The number of fused-ring (bicyclic) bond motifs is 1. The number of nitrogens with one attached hydrogen (secondary N) is 2. The van der Waals surface area contributed by atoms with Gasteiger partial charge >= 0.3 is 0 Å². The SMILES string of the molecule is CCCc1cc(=O)[nH]c2cc(NC(=O)Cc3ccc(F)cc3)ccc12. The number of halogens is 1. The molecule has 1 amide bonds. The highest BCUT2D eigenvalue weighted by Gasteiger charge is 2.07. The minimum Gasteiger partial charge on any atom is -0.326 e. The molecule has 0 spiro atoms. The van der Waals surface area contributed by atoms with E-state index >= 15 is 0 Å². The maximum absolute atomic E-state index is 12.9. The third-order valence-electron chi connectivity index (χ3n) is 4.01. The van der Waals surface area contributed by atoms with E-state index < -0.39 is 0 Å². The van der Waals surface area contributed by atoms with Gasteiger partial charge in [0, 0.05) is 17.1 Å². The molecule has 0 unspecified atom stereocenters. The third kappa shape index (κ3) is 4.12. The fourth-order valence-corrected chi connectivity index (χ4v) is 2.88. The summed E-state index contributed by atoms with van der Waals surface area (Å²) in [6, 6.07) is 13.0. The standard InChI is InChI=1S/C20H19FN2O2/c1-2-3-14-11-20(25)23-18-12-16(8-9-17(14)18)22-19(24)10-13-4-6-15(21)7-5-13/h4-9,11-12H,2-3,10H2,1H3,(H,22,24)(H,23,25). The van der Waals surface area contributed by atoms with Crippen molar-refractivity contribution < 1.29 is 9.18 Å². The molecule has 1 aromatic heterocycles. The Labute approximate surface area is 144 Å². The van der Waals surface area contributed by atoms with Gasteiger partial charge in [-0.05, 0) is 41.8 Å². The Kier molecular flexibility index (Phi) is 4.93. The van der Waals surface area contributed by atoms with E-state index in [2.05, 4.69) is 17.2 Å². The first-order valence-corrected chi connectivity index (χ1v) is 8.25. The van der Waals surface area contributed by atoms with Crippen LogP contribution in [0.3, 0.4) is 0 Å². The van der Waals surface area contributed by atoms with Crippen molar-refractivity contribution in [1.82, 2.24) is 4.98 Å². The van der Waals surface area contributed by atoms with E-state index in [-0.39, 0.29) is 23.7 Å². The van der Waals surface area contributed by atoms with Crippen molar-refractivity contribution in [1.29, 1.82) is 0 Å². The normalized spacial score (nSPS) is 10.8. The number of carbonyl (C=O) groups is 1. The first-order chi connectivity index (χ1) is 12.0. The smallest absolute Gasteiger partial charge is 0.248 e. The van der Waals surface area contributed by atoms with Crippen molar-refractivity contribution in [2.45, 2.75) is 26.2 Å². The number of aromatic amines is 1. The van der Waals surface area contributed by atoms with Crippen LogP contribution in [0.5, 0.6) is 0 Å². The van der Waals surface area contributed by atoms with Crippen LogP contribution in [0.25, 0.3) is 10.9 Å². The number of amides is 1. The van der Waals surface area contributed by atoms with Crippen molar-refractivity contribution in [3.8, 4) is 0 Å². The fraction of sp³-hybridized carbons (Fsp3) is 0.200. The second-order valence-electron chi connectivity index (χ2n) is 6.02. The minimum absolute atomic E-state index is 0.147. The van der Waals surface area contributed by atoms with E-state index in [1.807, 2.05) is 12.1 Å². The van der Waals surface area contributed by atoms with Gasteiger partial charge in [-0.25, -0.2) is 4.39 Å². The van der Waals surface area contributed by atoms with Gasteiger partial charge in [0.25, 0.3) is 0 Å². The molecule has 0 fully saturated rings. The predicted molar refractivity (Wildman–Crippen MR) is 97.3 cm³/mol. The highest BCUT2D eigenvalue weighted by Crippen LogP contribution is 2.21. The van der Waals surface area contributed by atoms with Gasteiger partial charge in [0.15, 0.2) is 0 Å². The van der Waals surface area contributed by atoms with Crippen LogP contribution in [-0.4, -0.2) is 10.9 Å². The lowest BCUT2D eigenvalue weighted by Crippen LogP contribution is -2.14. The van der Waals surface area contributed by atoms with E-state index in [1.165, 1.54) is 12.1 Å². The molecule has 128 valence electrons. The van der Waals surface area contributed by atoms with Gasteiger partial charge in [-0.1, -0.05) is 31.5 Å². The highest BCUT2D eigenvalue weighted by molar-refractivity contribution is 5.95. The summed E-state index contributed by atoms with van der Waals surface area (Å²) in [6.07, 6.45) is 1.94. The van der Waals surface area contributed by atoms with Crippen LogP contribution in [0.2, 0.25) is 0 Å². The summed E-state index contributed by atoms with van der Waals surface area (Å²) < 4.78 is 12.9. The van der Waals surface area contributed by atoms with Crippen molar-refractivity contribution >= 4 is 22.5 Å². The second kappa shape index (κ2) is 7.30. The molecule has 0 aliphatic heterocycles. The quantitative estimate of drug-likeness (QED) is 0.743. The molecule has 0 aliphatic rings. The molecular formula is C20H19FN2O2. The lowest BCUT2D eigenvalue weighted by Gasteiger charge is -2.09. The number of hydrogen-bond acceptors (Lipinski definition) is 2. The zero-order chi connectivity index (χ0) is 17.8. The summed E-state index contributed by atoms with van der Waals surface area (Å²) in [4.78, 5) is 26.8. The van der Waals surface area contributed by atoms with E-state index in [4.69, 9.17) is 0 Å². The first kappa shape index (κ1) is 16.9. The molecule has 3 rings (SSSR count). The zero-order valence-electron chi connectivity index (χ0n) is 13.9. The Morgan fingerprint density at radius 2 is 1.88 bits per heavy atom. The van der Waals surface area contributed by atoms with Crippen LogP contribution in [0, 0.1) is 5.82 Å². The number of benzene rings is 2. The van der Waals surface area contributed by atoms with Crippen LogP contribution >= 0.6 is 0 Å². The van der Waals surface area contributed by atoms with Gasteiger partial charge in [-0.15, -0.1) is 0 Å². The summed E-state index contributed by atoms with van der Waals surface area (Å²) in [5.41, 5.74) is 2.91. The van der Waals surface area contributed by atoms with Crippen LogP contribution in [0.1, 0.15) is 24.5 Å². The molecule has 0 aliphatic carbocycles. The average molecular weight is 338 g/mol. The number of aromatic nitrogens is 1. The fourth-order valence-electron chi connectivity index (χ4n) is 2.88. The predicted octanol–water partition coefficient (Wildman–Crippen LogP) is 3.80. The van der Waals surface area contributed by atoms with Crippen LogP contribution in [0.15, 0.2) is 53.3 Å². The number of rotatable bonds is 5. The summed E-state index contributed by atoms with van der Waals surface area (Å²) in [7, 11) is 0. The summed E-state index contributed by atoms with van der Waals surface area (Å²) in [5.74, 6) is -0.524. The molecular weight excluding hydrogens is 319 g/mol. The molecule has 3 aromatic rings. The van der Waals surface area contributed by atoms with E-state index in [0.717, 1.165) is 29.4 Å². The van der Waals surface area contributed by atoms with Gasteiger partial charge in [-0.2, -0.15) is 0 Å². The molecule has 25 heavy (non-hydrogen) atoms. The van der Waals surface area contributed by atoms with Gasteiger partial charge < -0.3 is 10.3 Å². The van der Waals surface area contributed by atoms with Gasteiger partial charge in [-0.3, -0.25) is 9.59 Å². The van der Waals surface area contributed by atoms with E-state index in [0.29, 0.717) is 11.2 Å². The maximum Gasteiger partial charge on any atom is 0.248 e. The maximum atomic E-state index is 12.9. The first-order valence-electron chi connectivity index (χ1n) is 8.25. The monoisotopic (exact) mass is 338 g/mol. The highest BCUT2D eigenvalue weighted by atomic mass is 19.1. The number of pyridine rings is 1. The molecule has 1 heterocycles. The lowest BCUT2D eigenvalue weighted by atomic mass is 10.0. The average Bonchev–Trinajstić information content (AvgIpc) is 2.56. The molecule has 0 saturated heterocycles. The van der Waals surface area contributed by atoms with Crippen molar-refractivity contribution in [3.05, 3.63) is 75.8 Å². The molecule has 0 bridgehead atoms. The largest absolute Gasteiger partial charge is 0.326 e. The Balaban J connectivity index is 1.80. The third-order valence-corrected chi connectivity index (χ3v) is 4.01. The number of H-pyrrole nitrogens is 1. The van der Waals surface area contributed by atoms with Crippen molar-refractivity contribution in [2.75, 3.05) is 5.32 Å². The molecule has 5 heteroatoms.